The van der Waals surface area contributed by atoms with Gasteiger partial charge in [-0.2, -0.15) is 0 Å². The quantitative estimate of drug-likeness (QED) is 0.804. The van der Waals surface area contributed by atoms with E-state index in [1.807, 2.05) is 32.0 Å². The van der Waals surface area contributed by atoms with Crippen LogP contribution in [0.5, 0.6) is 0 Å². The van der Waals surface area contributed by atoms with Gasteiger partial charge in [0.05, 0.1) is 13.2 Å². The minimum atomic E-state index is -3.30. The molecule has 0 aliphatic carbocycles. The predicted molar refractivity (Wildman–Crippen MR) is 73.7 cm³/mol. The molecule has 0 heterocycles. The minimum absolute atomic E-state index is 0.315. The third kappa shape index (κ3) is 3.42. The van der Waals surface area contributed by atoms with Crippen molar-refractivity contribution in [2.75, 3.05) is 13.2 Å². The van der Waals surface area contributed by atoms with E-state index in [-0.39, 0.29) is 0 Å². The van der Waals surface area contributed by atoms with Crippen LogP contribution in [0.3, 0.4) is 0 Å². The Bertz CT molecular complexity index is 438. The zero-order chi connectivity index (χ0) is 13.8. The zero-order valence-electron chi connectivity index (χ0n) is 11.5. The number of benzene rings is 1. The summed E-state index contributed by atoms with van der Waals surface area (Å²) in [4.78, 5) is 0. The molecule has 0 aliphatic heterocycles. The Kier molecular flexibility index (Phi) is 5.54. The van der Waals surface area contributed by atoms with Crippen LogP contribution in [-0.4, -0.2) is 13.2 Å². The molecule has 0 amide bonds. The van der Waals surface area contributed by atoms with Crippen LogP contribution < -0.4 is 5.73 Å². The predicted octanol–water partition coefficient (Wildman–Crippen LogP) is 3.53. The Morgan fingerprint density at radius 2 is 1.78 bits per heavy atom. The summed E-state index contributed by atoms with van der Waals surface area (Å²) in [6.45, 7) is 8.14. The molecule has 5 heteroatoms. The lowest BCUT2D eigenvalue weighted by Crippen LogP contribution is -2.16. The van der Waals surface area contributed by atoms with E-state index >= 15 is 0 Å². The molecule has 0 fully saturated rings. The van der Waals surface area contributed by atoms with Crippen LogP contribution in [0.4, 0.5) is 0 Å². The van der Waals surface area contributed by atoms with Crippen LogP contribution in [0.15, 0.2) is 18.2 Å². The van der Waals surface area contributed by atoms with Gasteiger partial charge in [-0.3, -0.25) is 4.57 Å². The van der Waals surface area contributed by atoms with Crippen molar-refractivity contribution in [3.63, 3.8) is 0 Å². The normalized spacial score (nSPS) is 13.6. The van der Waals surface area contributed by atoms with E-state index in [4.69, 9.17) is 14.8 Å². The number of rotatable bonds is 6. The second-order valence-electron chi connectivity index (χ2n) is 4.18. The van der Waals surface area contributed by atoms with Crippen molar-refractivity contribution in [1.82, 2.24) is 0 Å². The molecule has 2 N–H and O–H groups in total. The fourth-order valence-electron chi connectivity index (χ4n) is 1.89. The molecule has 1 aromatic carbocycles. The van der Waals surface area contributed by atoms with Gasteiger partial charge in [0.25, 0.3) is 0 Å². The van der Waals surface area contributed by atoms with Gasteiger partial charge in [-0.05, 0) is 38.8 Å². The fraction of sp³-hybridized carbons (Fsp3) is 0.538. The Labute approximate surface area is 109 Å². The van der Waals surface area contributed by atoms with E-state index in [0.29, 0.717) is 13.2 Å². The van der Waals surface area contributed by atoms with Crippen molar-refractivity contribution in [3.05, 3.63) is 34.9 Å². The second kappa shape index (κ2) is 6.48. The Balaban J connectivity index is 3.09. The highest BCUT2D eigenvalue weighted by molar-refractivity contribution is 7.54. The average Bonchev–Trinajstić information content (AvgIpc) is 2.29. The number of hydrogen-bond acceptors (Lipinski definition) is 4. The summed E-state index contributed by atoms with van der Waals surface area (Å²) in [5.41, 5.74) is 9.04. The molecule has 18 heavy (non-hydrogen) atoms. The van der Waals surface area contributed by atoms with Crippen LogP contribution in [0.1, 0.15) is 36.3 Å². The molecule has 1 atom stereocenters. The summed E-state index contributed by atoms with van der Waals surface area (Å²) in [5, 5.41) is 0. The van der Waals surface area contributed by atoms with Crippen molar-refractivity contribution < 1.29 is 13.6 Å². The topological polar surface area (TPSA) is 61.5 Å². The van der Waals surface area contributed by atoms with Gasteiger partial charge < -0.3 is 14.8 Å². The van der Waals surface area contributed by atoms with E-state index in [1.165, 1.54) is 0 Å². The molecule has 4 nitrogen and oxygen atoms in total. The van der Waals surface area contributed by atoms with Crippen LogP contribution >= 0.6 is 7.60 Å². The largest absolute Gasteiger partial charge is 0.351 e. The van der Waals surface area contributed by atoms with Gasteiger partial charge >= 0.3 is 7.60 Å². The number of hydrogen-bond donors (Lipinski definition) is 1. The standard InChI is InChI=1S/C13H22NO3P/c1-5-16-18(15,17-6-2)13(14)12-8-7-10(3)9-11(12)4/h7-9,13H,5-6,14H2,1-4H3/t13-/m1/s1. The summed E-state index contributed by atoms with van der Waals surface area (Å²) in [6.07, 6.45) is 0. The van der Waals surface area contributed by atoms with Crippen molar-refractivity contribution in [2.24, 2.45) is 5.73 Å². The zero-order valence-corrected chi connectivity index (χ0v) is 12.4. The van der Waals surface area contributed by atoms with Gasteiger partial charge in [0.15, 0.2) is 0 Å². The number of aryl methyl sites for hydroxylation is 2. The van der Waals surface area contributed by atoms with Gasteiger partial charge in [-0.25, -0.2) is 0 Å². The first kappa shape index (κ1) is 15.4. The molecular formula is C13H22NO3P. The summed E-state index contributed by atoms with van der Waals surface area (Å²) in [7, 11) is -3.30. The van der Waals surface area contributed by atoms with Crippen LogP contribution in [0, 0.1) is 13.8 Å². The lowest BCUT2D eigenvalue weighted by molar-refractivity contribution is 0.212. The maximum atomic E-state index is 12.6. The Morgan fingerprint density at radius 3 is 2.22 bits per heavy atom. The maximum Gasteiger partial charge on any atom is 0.351 e. The molecule has 102 valence electrons. The average molecular weight is 271 g/mol. The van der Waals surface area contributed by atoms with Gasteiger partial charge in [0.1, 0.15) is 5.78 Å². The third-order valence-corrected chi connectivity index (χ3v) is 4.90. The fourth-order valence-corrected chi connectivity index (χ4v) is 3.63. The lowest BCUT2D eigenvalue weighted by Gasteiger charge is -2.24. The molecule has 0 radical (unpaired) electrons. The maximum absolute atomic E-state index is 12.6. The molecule has 1 aromatic rings. The molecule has 0 saturated carbocycles. The van der Waals surface area contributed by atoms with Gasteiger partial charge in [-0.15, -0.1) is 0 Å². The summed E-state index contributed by atoms with van der Waals surface area (Å²) < 4.78 is 23.1. The Hall–Kier alpha value is -0.670. The first-order valence-electron chi connectivity index (χ1n) is 6.16. The first-order chi connectivity index (χ1) is 8.44. The molecule has 0 aromatic heterocycles. The van der Waals surface area contributed by atoms with Crippen molar-refractivity contribution >= 4 is 7.60 Å². The first-order valence-corrected chi connectivity index (χ1v) is 7.77. The summed E-state index contributed by atoms with van der Waals surface area (Å²) >= 11 is 0. The minimum Gasteiger partial charge on any atom is -0.314 e. The highest BCUT2D eigenvalue weighted by Gasteiger charge is 2.34. The van der Waals surface area contributed by atoms with Crippen molar-refractivity contribution in [2.45, 2.75) is 33.5 Å². The van der Waals surface area contributed by atoms with Gasteiger partial charge in [-0.1, -0.05) is 23.8 Å². The highest BCUT2D eigenvalue weighted by Crippen LogP contribution is 2.58. The highest BCUT2D eigenvalue weighted by atomic mass is 31.2. The summed E-state index contributed by atoms with van der Waals surface area (Å²) in [5.74, 6) is -0.738. The van der Waals surface area contributed by atoms with E-state index in [0.717, 1.165) is 16.7 Å². The SMILES string of the molecule is CCOP(=O)(OCC)[C@@H](N)c1ccc(C)cc1C. The lowest BCUT2D eigenvalue weighted by atomic mass is 10.1. The van der Waals surface area contributed by atoms with E-state index in [2.05, 4.69) is 0 Å². The molecule has 0 aliphatic rings. The molecule has 0 spiro atoms. The molecule has 0 bridgehead atoms. The second-order valence-corrected chi connectivity index (χ2v) is 6.33. The Morgan fingerprint density at radius 1 is 1.22 bits per heavy atom. The molecule has 0 unspecified atom stereocenters. The van der Waals surface area contributed by atoms with Crippen LogP contribution in [-0.2, 0) is 13.6 Å². The smallest absolute Gasteiger partial charge is 0.314 e. The van der Waals surface area contributed by atoms with Crippen LogP contribution in [0.2, 0.25) is 0 Å². The number of nitrogens with two attached hydrogens (primary N) is 1. The van der Waals surface area contributed by atoms with Crippen molar-refractivity contribution in [3.8, 4) is 0 Å². The molecular weight excluding hydrogens is 249 g/mol. The van der Waals surface area contributed by atoms with E-state index < -0.39 is 13.4 Å². The van der Waals surface area contributed by atoms with Crippen LogP contribution in [0.25, 0.3) is 0 Å². The van der Waals surface area contributed by atoms with Gasteiger partial charge in [0, 0.05) is 0 Å². The van der Waals surface area contributed by atoms with Gasteiger partial charge in [0.2, 0.25) is 0 Å². The monoisotopic (exact) mass is 271 g/mol. The van der Waals surface area contributed by atoms with Crippen molar-refractivity contribution in [1.29, 1.82) is 0 Å². The van der Waals surface area contributed by atoms with E-state index in [9.17, 15) is 4.57 Å². The molecule has 0 saturated heterocycles. The van der Waals surface area contributed by atoms with E-state index in [1.54, 1.807) is 13.8 Å². The third-order valence-electron chi connectivity index (χ3n) is 2.70. The molecule has 1 rings (SSSR count). The summed E-state index contributed by atoms with van der Waals surface area (Å²) in [6, 6.07) is 5.85.